The van der Waals surface area contributed by atoms with Crippen LogP contribution >= 0.6 is 11.8 Å². The van der Waals surface area contributed by atoms with Gasteiger partial charge in [-0.25, -0.2) is 0 Å². The second-order valence-corrected chi connectivity index (χ2v) is 36.2. The summed E-state index contributed by atoms with van der Waals surface area (Å²) in [4.78, 5) is 271. The number of guanidine groups is 1. The van der Waals surface area contributed by atoms with E-state index in [0.717, 1.165) is 36.3 Å². The van der Waals surface area contributed by atoms with Gasteiger partial charge < -0.3 is 137 Å². The van der Waals surface area contributed by atoms with Crippen molar-refractivity contribution in [1.82, 2.24) is 92.5 Å². The van der Waals surface area contributed by atoms with Crippen molar-refractivity contribution in [2.24, 2.45) is 34.6 Å². The normalized spacial score (nSPS) is 24.6. The number of nitrogens with zero attached hydrogens (tertiary/aromatic N) is 6. The zero-order valence-corrected chi connectivity index (χ0v) is 79.2. The lowest BCUT2D eigenvalue weighted by Crippen LogP contribution is -2.62. The highest BCUT2D eigenvalue weighted by atomic mass is 32.2. The van der Waals surface area contributed by atoms with Crippen LogP contribution < -0.4 is 87.2 Å². The number of nitrogens with two attached hydrogens (primary N) is 5. The molecular formula is C91H132N24O21S. The van der Waals surface area contributed by atoms with Gasteiger partial charge in [0.05, 0.1) is 24.8 Å². The second kappa shape index (κ2) is 52.0. The van der Waals surface area contributed by atoms with Crippen LogP contribution in [0.4, 0.5) is 0 Å². The molecule has 8 rings (SSSR count). The molecular weight excluding hydrogens is 1800 g/mol. The standard InChI is InChI=1S/C91H132N24O21S/c1-9-11-23-69-83(129)103-59(22-17-33-98-91(96)97)79(125)109-67(78(124)100-43-74(95)119)47-137-48-75(120)101-63(36-51-27-29-54(116)30-28-51)86(132)110(6)50(5)77(123)105-65(40-73(94)118)88(134)114-34-18-26-70(114)84(130)108-66(41-93)82(128)106-62(35-49(3)4)89(135)115-45-55(117)39-72(115)85(131)104-61(37-52-42-99-58-21-15-13-19-56(52)58)81(127)102-60(31-32-92)80(126)107-64(87(133)112(8)71(24-12-10-2)90(136)111(69)7)38-53-44-113(46-76(121)122)68-25-16-14-20-57(53)68/h13-16,19-21,25,27-30,42,44,49-50,55,59-67,69-72,99,116-117H,9-12,17-18,22-24,26,31-41,43,45-48,92-93H2,1-8H3,(H2,94,118)(H2,95,119)(H,100,124)(H,101,120)(H,102,127)(H,103,129)(H,104,131)(H,105,123)(H,106,128)(H,107,126)(H,108,130)(H,109,125)(H,121,122)(H4,96,97,98)/t50-,55+,59-,60-,61-,62-,63-,64-,65-,66-,67-,69-,70?,71-,72-/m0/s1. The number of thioether (sulfide) groups is 1. The van der Waals surface area contributed by atoms with Gasteiger partial charge in [-0.2, -0.15) is 0 Å². The summed E-state index contributed by atoms with van der Waals surface area (Å²) in [6.07, 6.45) is 0.445. The number of amides is 17. The third-order valence-corrected chi connectivity index (χ3v) is 25.4. The molecule has 0 radical (unpaired) electrons. The fourth-order valence-electron chi connectivity index (χ4n) is 16.9. The molecule has 1 unspecified atom stereocenters. The predicted molar refractivity (Wildman–Crippen MR) is 504 cm³/mol. The number of hydrogen-bond acceptors (Lipinski definition) is 24. The Labute approximate surface area is 796 Å². The van der Waals surface area contributed by atoms with Gasteiger partial charge in [0.2, 0.25) is 100 Å². The number of carbonyl (C=O) groups is 18. The Kier molecular flexibility index (Phi) is 41.3. The van der Waals surface area contributed by atoms with E-state index in [9.17, 15) is 68.1 Å². The smallest absolute Gasteiger partial charge is 0.323 e. The van der Waals surface area contributed by atoms with Crippen molar-refractivity contribution in [3.05, 3.63) is 102 Å². The molecule has 0 saturated carbocycles. The van der Waals surface area contributed by atoms with Crippen LogP contribution in [-0.4, -0.2) is 324 Å². The number of aromatic hydroxyl groups is 1. The number of benzene rings is 3. The fourth-order valence-corrected chi connectivity index (χ4v) is 17.8. The van der Waals surface area contributed by atoms with Crippen molar-refractivity contribution >= 4 is 146 Å². The molecule has 3 aliphatic heterocycles. The number of para-hydroxylation sites is 2. The number of unbranched alkanes of at least 4 members (excludes halogenated alkanes) is 2. The van der Waals surface area contributed by atoms with Crippen molar-refractivity contribution in [1.29, 1.82) is 5.41 Å². The largest absolute Gasteiger partial charge is 0.508 e. The van der Waals surface area contributed by atoms with E-state index in [2.05, 4.69) is 63.5 Å². The number of nitrogens with one attached hydrogen (secondary N) is 13. The van der Waals surface area contributed by atoms with Crippen molar-refractivity contribution in [2.45, 2.75) is 241 Å². The number of primary amides is 2. The number of rotatable bonds is 28. The lowest BCUT2D eigenvalue weighted by Gasteiger charge is -2.36. The minimum Gasteiger partial charge on any atom is -0.508 e. The molecule has 26 N–H and O–H groups in total. The van der Waals surface area contributed by atoms with E-state index in [1.54, 1.807) is 68.6 Å². The van der Waals surface area contributed by atoms with Crippen LogP contribution in [0.2, 0.25) is 0 Å². The topological polar surface area (TPSA) is 691 Å². The van der Waals surface area contributed by atoms with Gasteiger partial charge in [0.25, 0.3) is 0 Å². The average Bonchev–Trinajstić information content (AvgIpc) is 1.64. The Hall–Kier alpha value is -13.5. The predicted octanol–water partition coefficient (Wildman–Crippen LogP) is -4.02. The molecule has 0 bridgehead atoms. The van der Waals surface area contributed by atoms with Gasteiger partial charge in [0.1, 0.15) is 96.9 Å². The molecule has 748 valence electrons. The first-order valence-electron chi connectivity index (χ1n) is 45.9. The molecule has 137 heavy (non-hydrogen) atoms. The van der Waals surface area contributed by atoms with Crippen LogP contribution in [0, 0.1) is 11.3 Å². The SMILES string of the molecule is CCCC[C@H]1C(=O)N(C)[C@@H](CCCC)C(=O)N[C@@H](CCCNC(=N)N)C(=O)N[C@H](C(=O)NCC(N)=O)CSCC(=O)N[C@@H](Cc2ccc(O)cc2)C(=O)N(C)[C@@H](C)C(=O)N[C@@H](CC(N)=O)C(=O)N2CCCC2C(=O)N[C@@H](CN)C(=O)N[C@@H](CC(C)C)C(=O)N2C[C@H](O)C[C@H]2C(=O)N[C@@H](Cc2c[nH]c3ccccc23)C(=O)N[C@@H](CCN)C(=O)N[C@@H](Cc2cn(CC(=O)O)c3ccccc23)C(=O)N1C. The van der Waals surface area contributed by atoms with Gasteiger partial charge in [-0.15, -0.1) is 11.8 Å². The van der Waals surface area contributed by atoms with Crippen LogP contribution in [0.15, 0.2) is 85.2 Å². The number of hydrogen-bond donors (Lipinski definition) is 21. The van der Waals surface area contributed by atoms with Gasteiger partial charge in [-0.3, -0.25) is 91.7 Å². The molecule has 3 saturated heterocycles. The number of phenols is 1. The van der Waals surface area contributed by atoms with Crippen LogP contribution in [0.5, 0.6) is 5.75 Å². The number of fused-ring (bicyclic) bond motifs is 4. The number of aliphatic hydroxyl groups excluding tert-OH is 1. The number of carbonyl (C=O) groups excluding carboxylic acids is 17. The van der Waals surface area contributed by atoms with Gasteiger partial charge in [0.15, 0.2) is 5.96 Å². The van der Waals surface area contributed by atoms with Crippen molar-refractivity contribution < 1.29 is 102 Å². The molecule has 3 aliphatic rings. The maximum absolute atomic E-state index is 16.0. The number of aliphatic carboxylic acids is 1. The van der Waals surface area contributed by atoms with E-state index in [-0.39, 0.29) is 95.5 Å². The van der Waals surface area contributed by atoms with Gasteiger partial charge in [-0.05, 0) is 112 Å². The highest BCUT2D eigenvalue weighted by molar-refractivity contribution is 8.00. The third-order valence-electron chi connectivity index (χ3n) is 24.4. The number of carboxylic acid groups (broad SMARTS) is 1. The third kappa shape index (κ3) is 30.8. The number of aromatic nitrogens is 2. The van der Waals surface area contributed by atoms with Crippen molar-refractivity contribution in [2.75, 3.05) is 71.9 Å². The lowest BCUT2D eigenvalue weighted by atomic mass is 9.99. The quantitative estimate of drug-likeness (QED) is 0.0129. The highest BCUT2D eigenvalue weighted by Gasteiger charge is 2.47. The van der Waals surface area contributed by atoms with E-state index < -0.39 is 260 Å². The molecule has 0 spiro atoms. The molecule has 3 aromatic carbocycles. The van der Waals surface area contributed by atoms with Gasteiger partial charge in [0, 0.05) is 113 Å². The number of aromatic amines is 1. The molecule has 17 amide bonds. The Morgan fingerprint density at radius 3 is 1.77 bits per heavy atom. The minimum absolute atomic E-state index is 0.0154. The Balaban J connectivity index is 1.22. The minimum atomic E-state index is -1.78. The fraction of sp³-hybridized carbons (Fsp3) is 0.549. The summed E-state index contributed by atoms with van der Waals surface area (Å²) in [5.74, 6) is -19.5. The van der Waals surface area contributed by atoms with Crippen molar-refractivity contribution in [3.8, 4) is 5.75 Å². The summed E-state index contributed by atoms with van der Waals surface area (Å²) in [6.45, 7) is 5.57. The number of likely N-dealkylation sites (N-methyl/N-ethyl adjacent to an activating group) is 3. The first-order valence-corrected chi connectivity index (χ1v) is 47.1. The number of phenolic OH excluding ortho intramolecular Hbond substituents is 1. The molecule has 45 nitrogen and oxygen atoms in total. The molecule has 3 fully saturated rings. The Bertz CT molecular complexity index is 5170. The van der Waals surface area contributed by atoms with E-state index in [1.807, 2.05) is 13.8 Å². The average molecular weight is 1930 g/mol. The molecule has 5 aromatic rings. The zero-order chi connectivity index (χ0) is 101. The summed E-state index contributed by atoms with van der Waals surface area (Å²) < 4.78 is 1.43. The van der Waals surface area contributed by atoms with Gasteiger partial charge >= 0.3 is 5.97 Å². The van der Waals surface area contributed by atoms with Crippen LogP contribution in [0.25, 0.3) is 21.8 Å². The van der Waals surface area contributed by atoms with E-state index in [4.69, 9.17) is 34.1 Å². The van der Waals surface area contributed by atoms with Gasteiger partial charge in [-0.1, -0.05) is 102 Å². The zero-order valence-electron chi connectivity index (χ0n) is 78.4. The summed E-state index contributed by atoms with van der Waals surface area (Å²) in [5, 5.41) is 69.7. The highest BCUT2D eigenvalue weighted by Crippen LogP contribution is 2.29. The number of H-pyrrole nitrogens is 1. The molecule has 46 heteroatoms. The molecule has 2 aromatic heterocycles. The summed E-state index contributed by atoms with van der Waals surface area (Å²) in [6, 6.07) is -2.72. The van der Waals surface area contributed by atoms with E-state index >= 15 is 33.6 Å². The van der Waals surface area contributed by atoms with Crippen LogP contribution in [-0.2, 0) is 112 Å². The summed E-state index contributed by atoms with van der Waals surface area (Å²) >= 11 is 0.748. The summed E-state index contributed by atoms with van der Waals surface area (Å²) in [7, 11) is 3.85. The maximum Gasteiger partial charge on any atom is 0.323 e. The molecule has 0 aliphatic carbocycles. The summed E-state index contributed by atoms with van der Waals surface area (Å²) in [5.41, 5.74) is 31.5. The van der Waals surface area contributed by atoms with E-state index in [1.165, 1.54) is 63.1 Å². The van der Waals surface area contributed by atoms with Crippen molar-refractivity contribution in [3.63, 3.8) is 0 Å². The van der Waals surface area contributed by atoms with Crippen LogP contribution in [0.1, 0.15) is 141 Å². The second-order valence-electron chi connectivity index (χ2n) is 35.2. The number of carboxylic acids is 1. The van der Waals surface area contributed by atoms with Crippen LogP contribution in [0.3, 0.4) is 0 Å². The lowest BCUT2D eigenvalue weighted by molar-refractivity contribution is -0.149. The first kappa shape index (κ1) is 109. The maximum atomic E-state index is 16.0. The van der Waals surface area contributed by atoms with E-state index in [0.29, 0.717) is 64.2 Å². The monoisotopic (exact) mass is 1930 g/mol. The first-order chi connectivity index (χ1) is 65.1. The number of aliphatic hydroxyl groups is 1. The molecule has 5 heterocycles. The Morgan fingerprint density at radius 1 is 0.562 bits per heavy atom. The Morgan fingerprint density at radius 2 is 1.12 bits per heavy atom. The molecule has 15 atom stereocenters.